The van der Waals surface area contributed by atoms with Crippen LogP contribution in [0.4, 0.5) is 11.4 Å². The molecule has 0 radical (unpaired) electrons. The lowest BCUT2D eigenvalue weighted by Gasteiger charge is -2.31. The van der Waals surface area contributed by atoms with Crippen LogP contribution in [0.1, 0.15) is 69.9 Å². The van der Waals surface area contributed by atoms with Gasteiger partial charge in [0, 0.05) is 86.7 Å². The van der Waals surface area contributed by atoms with Crippen molar-refractivity contribution < 1.29 is 108 Å². The third-order valence-corrected chi connectivity index (χ3v) is 18.5. The summed E-state index contributed by atoms with van der Waals surface area (Å²) >= 11 is 0. The second-order valence-electron chi connectivity index (χ2n) is 19.8. The van der Waals surface area contributed by atoms with E-state index in [9.17, 15) is 74.8 Å². The summed E-state index contributed by atoms with van der Waals surface area (Å²) in [5.74, 6) is -1.75. The number of nitrogens with zero attached hydrogens (tertiary/aromatic N) is 2. The topological polar surface area (TPSA) is 382 Å². The Bertz CT molecular complexity index is 3700. The van der Waals surface area contributed by atoms with Gasteiger partial charge in [-0.3, -0.25) is 9.35 Å². The van der Waals surface area contributed by atoms with Gasteiger partial charge in [0.15, 0.2) is 5.71 Å². The number of benzene rings is 4. The summed E-state index contributed by atoms with van der Waals surface area (Å²) in [4.78, 5) is 9.37. The first kappa shape index (κ1) is 66.3. The van der Waals surface area contributed by atoms with E-state index in [1.54, 1.807) is 42.7 Å². The molecule has 2 aliphatic rings. The first-order valence-corrected chi connectivity index (χ1v) is 33.0. The Morgan fingerprint density at radius 1 is 0.598 bits per heavy atom. The minimum atomic E-state index is -5.46. The van der Waals surface area contributed by atoms with E-state index in [0.29, 0.717) is 60.8 Å². The van der Waals surface area contributed by atoms with Crippen LogP contribution in [-0.4, -0.2) is 185 Å². The number of aliphatic carboxylic acids is 1. The van der Waals surface area contributed by atoms with Crippen molar-refractivity contribution in [3.63, 3.8) is 0 Å². The lowest BCUT2D eigenvalue weighted by molar-refractivity contribution is -0.437. The van der Waals surface area contributed by atoms with Gasteiger partial charge in [0.25, 0.3) is 10.1 Å². The van der Waals surface area contributed by atoms with Crippen molar-refractivity contribution in [1.82, 2.24) is 0 Å². The normalized spacial score (nSPS) is 18.5. The van der Waals surface area contributed by atoms with Crippen molar-refractivity contribution in [3.05, 3.63) is 83.6 Å². The van der Waals surface area contributed by atoms with Crippen molar-refractivity contribution in [1.29, 1.82) is 0 Å². The van der Waals surface area contributed by atoms with Gasteiger partial charge in [-0.1, -0.05) is 18.6 Å². The van der Waals surface area contributed by atoms with Crippen LogP contribution in [0, 0.1) is 0 Å². The molecule has 30 heteroatoms. The minimum absolute atomic E-state index is 0.0100. The standard InChI is InChI=1S/C52H68N2O23S5/c1-51(17-21-74-27-29-76-25-23-72-3)46(53(19-7-5-6-12-48(55)56)42-15-13-38-40(49(42)51)32-36(79(60,61)62)34-44(38)81(66,67)68)10-8-11-47-52(2,18-22-75-28-30-77-26-24-73-4)50-41-33-37(80(63,64)65)35-45(82(69,70)71)39(41)14-16-43(50)54(47)20-9-31-78(57,58)59/h8,10-11,13-16,32-35H,5-7,9,12,17-31H2,1-4H3,(H5-,55,56,57,58,59,60,61,62,63,64,65,66,67,68,69,70,71)/p-3. The summed E-state index contributed by atoms with van der Waals surface area (Å²) in [6.45, 7) is 5.03. The molecular weight excluding hydrogens is 1180 g/mol. The molecule has 454 valence electrons. The fourth-order valence-electron chi connectivity index (χ4n) is 10.5. The van der Waals surface area contributed by atoms with E-state index in [1.807, 2.05) is 4.90 Å². The lowest BCUT2D eigenvalue weighted by Crippen LogP contribution is -2.33. The molecule has 0 fully saturated rings. The largest absolute Gasteiger partial charge is 0.744 e. The predicted molar refractivity (Wildman–Crippen MR) is 292 cm³/mol. The smallest absolute Gasteiger partial charge is 0.303 e. The third-order valence-electron chi connectivity index (χ3n) is 14.3. The number of allylic oxidation sites excluding steroid dienone is 4. The number of unbranched alkanes of at least 4 members (excludes halogenated alkanes) is 2. The highest BCUT2D eigenvalue weighted by Crippen LogP contribution is 2.54. The molecule has 0 aromatic heterocycles. The highest BCUT2D eigenvalue weighted by molar-refractivity contribution is 7.87. The summed E-state index contributed by atoms with van der Waals surface area (Å²) < 4.78 is 222. The van der Waals surface area contributed by atoms with Crippen molar-refractivity contribution in [2.45, 2.75) is 89.2 Å². The van der Waals surface area contributed by atoms with Gasteiger partial charge in [0.2, 0.25) is 5.69 Å². The molecule has 2 N–H and O–H groups in total. The van der Waals surface area contributed by atoms with E-state index < -0.39 is 92.7 Å². The highest BCUT2D eigenvalue weighted by Gasteiger charge is 2.50. The average molecular weight is 1250 g/mol. The van der Waals surface area contributed by atoms with E-state index >= 15 is 0 Å². The quantitative estimate of drug-likeness (QED) is 0.0375. The molecule has 2 unspecified atom stereocenters. The molecule has 82 heavy (non-hydrogen) atoms. The monoisotopic (exact) mass is 1250 g/mol. The number of anilines is 1. The summed E-state index contributed by atoms with van der Waals surface area (Å²) in [5, 5.41) is 8.80. The van der Waals surface area contributed by atoms with Crippen molar-refractivity contribution in [2.75, 3.05) is 104 Å². The van der Waals surface area contributed by atoms with Gasteiger partial charge < -0.3 is 56.6 Å². The zero-order valence-corrected chi connectivity index (χ0v) is 49.5. The molecular formula is C52H65N2O23S5-3. The Morgan fingerprint density at radius 2 is 1.09 bits per heavy atom. The molecule has 0 aliphatic carbocycles. The number of rotatable bonds is 34. The maximum Gasteiger partial charge on any atom is 0.303 e. The summed E-state index contributed by atoms with van der Waals surface area (Å²) in [5.41, 5.74) is -0.765. The zero-order chi connectivity index (χ0) is 60.5. The number of carbonyl (C=O) groups is 1. The molecule has 25 nitrogen and oxygen atoms in total. The Labute approximate surface area is 477 Å². The van der Waals surface area contributed by atoms with Gasteiger partial charge in [-0.25, -0.2) is 33.7 Å². The number of hydrogen-bond donors (Lipinski definition) is 2. The van der Waals surface area contributed by atoms with Gasteiger partial charge >= 0.3 is 5.97 Å². The van der Waals surface area contributed by atoms with Gasteiger partial charge in [-0.15, -0.1) is 0 Å². The lowest BCUT2D eigenvalue weighted by atomic mass is 9.74. The van der Waals surface area contributed by atoms with Crippen LogP contribution in [0.3, 0.4) is 0 Å². The zero-order valence-electron chi connectivity index (χ0n) is 45.4. The van der Waals surface area contributed by atoms with Crippen LogP contribution in [0.5, 0.6) is 0 Å². The first-order valence-electron chi connectivity index (χ1n) is 25.7. The molecule has 2 heterocycles. The van der Waals surface area contributed by atoms with Gasteiger partial charge in [-0.05, 0) is 104 Å². The van der Waals surface area contributed by atoms with E-state index in [1.165, 1.54) is 32.4 Å². The fraction of sp³-hybridized carbons (Fsp3) is 0.500. The molecule has 6 rings (SSSR count). The van der Waals surface area contributed by atoms with E-state index in [4.69, 9.17) is 28.4 Å². The molecule has 0 saturated heterocycles. The molecule has 4 aromatic rings. The summed E-state index contributed by atoms with van der Waals surface area (Å²) in [6, 6.07) is 8.52. The maximum absolute atomic E-state index is 12.9. The van der Waals surface area contributed by atoms with Gasteiger partial charge in [0.1, 0.15) is 47.0 Å². The fourth-order valence-corrected chi connectivity index (χ4v) is 13.7. The van der Waals surface area contributed by atoms with E-state index in [2.05, 4.69) is 0 Å². The van der Waals surface area contributed by atoms with Crippen molar-refractivity contribution in [2.24, 2.45) is 0 Å². The van der Waals surface area contributed by atoms with Crippen molar-refractivity contribution >= 4 is 95.2 Å². The molecule has 2 atom stereocenters. The number of fused-ring (bicyclic) bond motifs is 6. The molecule has 0 amide bonds. The Morgan fingerprint density at radius 3 is 1.57 bits per heavy atom. The Kier molecular flexibility index (Phi) is 22.2. The molecule has 0 bridgehead atoms. The molecule has 4 aromatic carbocycles. The Balaban J connectivity index is 1.63. The van der Waals surface area contributed by atoms with Crippen LogP contribution in [0.2, 0.25) is 0 Å². The SMILES string of the molecule is COCCOCCOCCC1(C)C(/C=C/C=C2/N(CCCCCC(=O)O)c3ccc4c(S(=O)(=O)[O-])cc(S(=O)(=O)[O-])cc4c3C2(C)CCOCCOCCOC)=[N+](CCCS(=O)(=O)O)c2ccc3c(S(=O)(=O)[O-])cc(S(=O)(=O)[O-])cc3c21. The number of methoxy groups -OCH3 is 2. The van der Waals surface area contributed by atoms with Gasteiger partial charge in [-0.2, -0.15) is 13.0 Å². The van der Waals surface area contributed by atoms with E-state index in [0.717, 1.165) is 12.1 Å². The molecule has 2 aliphatic heterocycles. The Hall–Kier alpha value is -4.87. The second-order valence-corrected chi connectivity index (χ2v) is 26.8. The van der Waals surface area contributed by atoms with Crippen LogP contribution >= 0.6 is 0 Å². The molecule has 0 spiro atoms. The minimum Gasteiger partial charge on any atom is -0.744 e. The van der Waals surface area contributed by atoms with Crippen LogP contribution in [0.15, 0.2) is 92.0 Å². The number of carboxylic acid groups (broad SMARTS) is 1. The summed E-state index contributed by atoms with van der Waals surface area (Å²) in [6.07, 6.45) is 5.69. The van der Waals surface area contributed by atoms with Crippen LogP contribution < -0.4 is 4.90 Å². The highest BCUT2D eigenvalue weighted by atomic mass is 32.2. The number of ether oxygens (including phenoxy) is 6. The second kappa shape index (κ2) is 27.4. The predicted octanol–water partition coefficient (Wildman–Crippen LogP) is 4.25. The van der Waals surface area contributed by atoms with Crippen LogP contribution in [-0.2, 0) is 94.6 Å². The van der Waals surface area contributed by atoms with Crippen molar-refractivity contribution in [3.8, 4) is 0 Å². The summed E-state index contributed by atoms with van der Waals surface area (Å²) in [7, 11) is -23.3. The maximum atomic E-state index is 12.9. The molecule has 0 saturated carbocycles. The van der Waals surface area contributed by atoms with Crippen LogP contribution in [0.25, 0.3) is 21.5 Å². The number of carboxylic acids is 1. The average Bonchev–Trinajstić information content (AvgIpc) is 1.67. The number of hydrogen-bond acceptors (Lipinski definition) is 22. The third kappa shape index (κ3) is 16.1. The van der Waals surface area contributed by atoms with Gasteiger partial charge in [0.05, 0.1) is 83.6 Å². The first-order chi connectivity index (χ1) is 38.4. The van der Waals surface area contributed by atoms with E-state index in [-0.39, 0.29) is 131 Å².